The van der Waals surface area contributed by atoms with Gasteiger partial charge in [-0.2, -0.15) is 0 Å². The Kier molecular flexibility index (Phi) is 9.44. The molecule has 32 heavy (non-hydrogen) atoms. The normalized spacial score (nSPS) is 14.0. The quantitative estimate of drug-likeness (QED) is 0.144. The number of alkyl halides is 3. The van der Waals surface area contributed by atoms with Crippen molar-refractivity contribution in [3.8, 4) is 0 Å². The average molecular weight is 513 g/mol. The van der Waals surface area contributed by atoms with Crippen LogP contribution in [0.15, 0.2) is 72.8 Å². The van der Waals surface area contributed by atoms with Gasteiger partial charge in [0.1, 0.15) is 6.10 Å². The summed E-state index contributed by atoms with van der Waals surface area (Å²) in [6, 6.07) is 20.7. The summed E-state index contributed by atoms with van der Waals surface area (Å²) in [4.78, 5) is 0. The number of benzene rings is 2. The topological polar surface area (TPSA) is 42.3 Å². The van der Waals surface area contributed by atoms with Gasteiger partial charge in [-0.1, -0.05) is 136 Å². The first-order chi connectivity index (χ1) is 14.9. The summed E-state index contributed by atoms with van der Waals surface area (Å²) in [5, 5.41) is 10.2. The third-order valence-electron chi connectivity index (χ3n) is 5.12. The van der Waals surface area contributed by atoms with Gasteiger partial charge >= 0.3 is 0 Å². The largest absolute Gasteiger partial charge is 0.468 e. The first-order valence-electron chi connectivity index (χ1n) is 10.6. The highest BCUT2D eigenvalue weighted by Gasteiger charge is 2.50. The molecule has 0 aliphatic heterocycles. The molecule has 0 fully saturated rings. The highest BCUT2D eigenvalue weighted by Crippen LogP contribution is 2.37. The first-order valence-corrected chi connectivity index (χ1v) is 13.7. The standard InChI is InChI=1S/C25H32Cl3NO2Si/c1-19(2)16-17-20(31-23(29)25(26,27)28)18-30-32(24(3,4)5,21-12-8-6-9-13-21)22-14-10-7-11-15-22/h6-17,19-20,29H,18H2,1-5H3/b17-16+,29-23?/t20-/m0/s1. The Hall–Kier alpha value is -1.30. The summed E-state index contributed by atoms with van der Waals surface area (Å²) in [7, 11) is -2.75. The maximum Gasteiger partial charge on any atom is 0.265 e. The van der Waals surface area contributed by atoms with Crippen molar-refractivity contribution in [1.29, 1.82) is 5.41 Å². The molecule has 174 valence electrons. The molecule has 1 N–H and O–H groups in total. The Bertz CT molecular complexity index is 851. The third-order valence-corrected chi connectivity index (χ3v) is 10.6. The van der Waals surface area contributed by atoms with Crippen LogP contribution < -0.4 is 10.4 Å². The van der Waals surface area contributed by atoms with Crippen molar-refractivity contribution in [2.75, 3.05) is 6.61 Å². The molecule has 2 aromatic carbocycles. The summed E-state index contributed by atoms with van der Waals surface area (Å²) in [5.41, 5.74) is 0. The summed E-state index contributed by atoms with van der Waals surface area (Å²) >= 11 is 17.6. The van der Waals surface area contributed by atoms with Gasteiger partial charge in [-0.3, -0.25) is 5.41 Å². The maximum atomic E-state index is 8.05. The van der Waals surface area contributed by atoms with Crippen molar-refractivity contribution in [1.82, 2.24) is 0 Å². The van der Waals surface area contributed by atoms with Crippen LogP contribution >= 0.6 is 34.8 Å². The van der Waals surface area contributed by atoms with E-state index < -0.39 is 24.1 Å². The Morgan fingerprint density at radius 2 is 1.38 bits per heavy atom. The molecule has 1 atom stereocenters. The van der Waals surface area contributed by atoms with Crippen LogP contribution in [0, 0.1) is 11.3 Å². The Morgan fingerprint density at radius 3 is 1.75 bits per heavy atom. The lowest BCUT2D eigenvalue weighted by molar-refractivity contribution is 0.144. The molecule has 0 radical (unpaired) electrons. The summed E-state index contributed by atoms with van der Waals surface area (Å²) in [6.07, 6.45) is 3.32. The maximum absolute atomic E-state index is 8.05. The van der Waals surface area contributed by atoms with Gasteiger partial charge < -0.3 is 9.16 Å². The second-order valence-electron chi connectivity index (χ2n) is 9.09. The molecule has 0 unspecified atom stereocenters. The van der Waals surface area contributed by atoms with Crippen LogP contribution in [0.4, 0.5) is 0 Å². The SMILES string of the molecule is CC(C)/C=C/[C@@H](CO[Si](c1ccccc1)(c1ccccc1)C(C)(C)C)OC(=N)C(Cl)(Cl)Cl. The number of nitrogens with one attached hydrogen (secondary N) is 1. The number of hydrogen-bond acceptors (Lipinski definition) is 3. The summed E-state index contributed by atoms with van der Waals surface area (Å²) < 4.78 is 10.7. The second-order valence-corrected chi connectivity index (χ2v) is 15.7. The molecule has 0 saturated heterocycles. The average Bonchev–Trinajstić information content (AvgIpc) is 2.72. The number of allylic oxidation sites excluding steroid dienone is 1. The first kappa shape index (κ1) is 26.9. The molecule has 0 amide bonds. The Morgan fingerprint density at radius 1 is 0.906 bits per heavy atom. The summed E-state index contributed by atoms with van der Waals surface area (Å²) in [6.45, 7) is 11.0. The highest BCUT2D eigenvalue weighted by molar-refractivity contribution is 6.99. The van der Waals surface area contributed by atoms with Crippen LogP contribution in [0.3, 0.4) is 0 Å². The highest BCUT2D eigenvalue weighted by atomic mass is 35.6. The van der Waals surface area contributed by atoms with E-state index in [-0.39, 0.29) is 11.6 Å². The molecular weight excluding hydrogens is 481 g/mol. The molecule has 0 aliphatic rings. The lowest BCUT2D eigenvalue weighted by Gasteiger charge is -2.43. The third kappa shape index (κ3) is 6.85. The minimum Gasteiger partial charge on any atom is -0.468 e. The molecule has 2 rings (SSSR count). The molecule has 0 bridgehead atoms. The number of ether oxygens (including phenoxy) is 1. The van der Waals surface area contributed by atoms with E-state index in [0.717, 1.165) is 0 Å². The predicted octanol–water partition coefficient (Wildman–Crippen LogP) is 6.51. The van der Waals surface area contributed by atoms with E-state index in [0.29, 0.717) is 5.92 Å². The van der Waals surface area contributed by atoms with Gasteiger partial charge in [0, 0.05) is 0 Å². The number of rotatable bonds is 8. The monoisotopic (exact) mass is 511 g/mol. The van der Waals surface area contributed by atoms with Crippen LogP contribution in [-0.4, -0.2) is 30.7 Å². The second kappa shape index (κ2) is 11.2. The van der Waals surface area contributed by atoms with E-state index in [4.69, 9.17) is 49.4 Å². The van der Waals surface area contributed by atoms with Gasteiger partial charge in [0.2, 0.25) is 5.90 Å². The molecule has 0 saturated carbocycles. The van der Waals surface area contributed by atoms with Gasteiger partial charge in [0.15, 0.2) is 0 Å². The molecule has 0 aliphatic carbocycles. The van der Waals surface area contributed by atoms with Crippen molar-refractivity contribution in [3.63, 3.8) is 0 Å². The fourth-order valence-corrected chi connectivity index (χ4v) is 8.37. The van der Waals surface area contributed by atoms with E-state index in [2.05, 4.69) is 58.9 Å². The molecule has 0 spiro atoms. The van der Waals surface area contributed by atoms with Crippen molar-refractivity contribution < 1.29 is 9.16 Å². The lowest BCUT2D eigenvalue weighted by Crippen LogP contribution is -2.67. The van der Waals surface area contributed by atoms with Crippen molar-refractivity contribution in [2.45, 2.75) is 49.6 Å². The zero-order valence-corrected chi connectivity index (χ0v) is 22.5. The molecule has 3 nitrogen and oxygen atoms in total. The van der Waals surface area contributed by atoms with E-state index in [1.54, 1.807) is 0 Å². The van der Waals surface area contributed by atoms with Gasteiger partial charge in [0.05, 0.1) is 6.61 Å². The minimum atomic E-state index is -2.75. The minimum absolute atomic E-state index is 0.176. The molecular formula is C25H32Cl3NO2Si. The molecule has 7 heteroatoms. The smallest absolute Gasteiger partial charge is 0.265 e. The van der Waals surface area contributed by atoms with Crippen LogP contribution in [0.5, 0.6) is 0 Å². The number of halogens is 3. The van der Waals surface area contributed by atoms with Crippen molar-refractivity contribution >= 4 is 59.4 Å². The fraction of sp³-hybridized carbons (Fsp3) is 0.400. The Balaban J connectivity index is 2.51. The number of hydrogen-bond donors (Lipinski definition) is 1. The van der Waals surface area contributed by atoms with Crippen LogP contribution in [-0.2, 0) is 9.16 Å². The van der Waals surface area contributed by atoms with Gasteiger partial charge in [0.25, 0.3) is 12.1 Å². The van der Waals surface area contributed by atoms with Crippen LogP contribution in [0.1, 0.15) is 34.6 Å². The summed E-state index contributed by atoms with van der Waals surface area (Å²) in [5.74, 6) is -0.122. The fourth-order valence-electron chi connectivity index (χ4n) is 3.66. The van der Waals surface area contributed by atoms with E-state index >= 15 is 0 Å². The van der Waals surface area contributed by atoms with Gasteiger partial charge in [-0.15, -0.1) is 0 Å². The van der Waals surface area contributed by atoms with Crippen molar-refractivity contribution in [3.05, 3.63) is 72.8 Å². The molecule has 0 heterocycles. The predicted molar refractivity (Wildman–Crippen MR) is 140 cm³/mol. The molecule has 2 aromatic rings. The Labute approximate surface area is 208 Å². The van der Waals surface area contributed by atoms with Crippen LogP contribution in [0.2, 0.25) is 5.04 Å². The zero-order chi connectivity index (χ0) is 24.0. The van der Waals surface area contributed by atoms with Crippen LogP contribution in [0.25, 0.3) is 0 Å². The van der Waals surface area contributed by atoms with Crippen molar-refractivity contribution in [2.24, 2.45) is 5.92 Å². The van der Waals surface area contributed by atoms with E-state index in [1.165, 1.54) is 10.4 Å². The van der Waals surface area contributed by atoms with E-state index in [1.807, 2.05) is 48.6 Å². The molecule has 0 aromatic heterocycles. The lowest BCUT2D eigenvalue weighted by atomic mass is 10.2. The van der Waals surface area contributed by atoms with Gasteiger partial charge in [-0.05, 0) is 27.4 Å². The van der Waals surface area contributed by atoms with Gasteiger partial charge in [-0.25, -0.2) is 0 Å². The zero-order valence-electron chi connectivity index (χ0n) is 19.2. The van der Waals surface area contributed by atoms with E-state index in [9.17, 15) is 0 Å².